The monoisotopic (exact) mass is 523 g/mol. The van der Waals surface area contributed by atoms with E-state index >= 15 is 0 Å². The molecular weight excluding hydrogens is 478 g/mol. The molecule has 38 heavy (non-hydrogen) atoms. The van der Waals surface area contributed by atoms with Gasteiger partial charge >= 0.3 is 0 Å². The van der Waals surface area contributed by atoms with Gasteiger partial charge in [0.15, 0.2) is 0 Å². The molecule has 1 atom stereocenters. The zero-order chi connectivity index (χ0) is 26.6. The van der Waals surface area contributed by atoms with Crippen LogP contribution in [0.1, 0.15) is 76.3 Å². The third-order valence-electron chi connectivity index (χ3n) is 7.58. The number of nitrogens with one attached hydrogen (secondary N) is 1. The Morgan fingerprint density at radius 1 is 0.947 bits per heavy atom. The van der Waals surface area contributed by atoms with Gasteiger partial charge in [0.1, 0.15) is 11.6 Å². The fraction of sp³-hybridized carbons (Fsp3) is 0.633. The van der Waals surface area contributed by atoms with E-state index < -0.39 is 0 Å². The van der Waals surface area contributed by atoms with E-state index in [1.165, 1.54) is 25.7 Å². The van der Waals surface area contributed by atoms with Crippen molar-refractivity contribution in [2.24, 2.45) is 5.92 Å². The highest BCUT2D eigenvalue weighted by Crippen LogP contribution is 2.25. The SMILES string of the molecule is C[C@H]1Nc2nccc(n2)N(C(=O)C2CCOCC2)CCCCCCCCN(C)CCCOc2cccc1c2. The molecule has 1 saturated heterocycles. The quantitative estimate of drug-likeness (QED) is 0.531. The number of aromatic nitrogens is 2. The molecular formula is C30H45N5O3. The van der Waals surface area contributed by atoms with Gasteiger partial charge in [0.2, 0.25) is 11.9 Å². The Labute approximate surface area is 228 Å². The van der Waals surface area contributed by atoms with Gasteiger partial charge in [0, 0.05) is 38.4 Å². The number of benzene rings is 1. The van der Waals surface area contributed by atoms with Crippen molar-refractivity contribution < 1.29 is 14.3 Å². The molecule has 0 saturated carbocycles. The summed E-state index contributed by atoms with van der Waals surface area (Å²) in [6.45, 7) is 6.95. The third-order valence-corrected chi connectivity index (χ3v) is 7.58. The molecule has 208 valence electrons. The molecule has 1 amide bonds. The Hall–Kier alpha value is -2.71. The molecule has 3 heterocycles. The molecule has 8 nitrogen and oxygen atoms in total. The van der Waals surface area contributed by atoms with Crippen molar-refractivity contribution in [1.29, 1.82) is 0 Å². The molecule has 0 radical (unpaired) electrons. The Kier molecular flexibility index (Phi) is 11.2. The highest BCUT2D eigenvalue weighted by atomic mass is 16.5. The van der Waals surface area contributed by atoms with Gasteiger partial charge in [0.25, 0.3) is 0 Å². The average Bonchev–Trinajstić information content (AvgIpc) is 2.94. The minimum Gasteiger partial charge on any atom is -0.494 e. The predicted molar refractivity (Wildman–Crippen MR) is 152 cm³/mol. The minimum atomic E-state index is -0.0163. The van der Waals surface area contributed by atoms with E-state index in [-0.39, 0.29) is 17.9 Å². The van der Waals surface area contributed by atoms with Crippen molar-refractivity contribution in [3.8, 4) is 5.75 Å². The minimum absolute atomic E-state index is 0.00710. The maximum Gasteiger partial charge on any atom is 0.231 e. The molecule has 8 heteroatoms. The molecule has 4 bridgehead atoms. The van der Waals surface area contributed by atoms with Gasteiger partial charge in [-0.2, -0.15) is 4.98 Å². The second-order valence-corrected chi connectivity index (χ2v) is 10.7. The molecule has 0 aliphatic carbocycles. The second-order valence-electron chi connectivity index (χ2n) is 10.7. The first-order chi connectivity index (χ1) is 18.6. The smallest absolute Gasteiger partial charge is 0.231 e. The molecule has 0 unspecified atom stereocenters. The van der Waals surface area contributed by atoms with Crippen LogP contribution >= 0.6 is 0 Å². The van der Waals surface area contributed by atoms with Gasteiger partial charge in [-0.05, 0) is 76.4 Å². The van der Waals surface area contributed by atoms with Gasteiger partial charge in [-0.1, -0.05) is 37.8 Å². The highest BCUT2D eigenvalue weighted by Gasteiger charge is 2.28. The van der Waals surface area contributed by atoms with E-state index in [1.54, 1.807) is 6.20 Å². The van der Waals surface area contributed by atoms with E-state index in [0.717, 1.165) is 56.5 Å². The predicted octanol–water partition coefficient (Wildman–Crippen LogP) is 5.46. The van der Waals surface area contributed by atoms with Crippen LogP contribution in [0, 0.1) is 5.92 Å². The lowest BCUT2D eigenvalue weighted by molar-refractivity contribution is -0.125. The van der Waals surface area contributed by atoms with E-state index in [4.69, 9.17) is 14.5 Å². The summed E-state index contributed by atoms with van der Waals surface area (Å²) in [5, 5.41) is 3.43. The van der Waals surface area contributed by atoms with Crippen molar-refractivity contribution in [3.63, 3.8) is 0 Å². The summed E-state index contributed by atoms with van der Waals surface area (Å²) in [4.78, 5) is 27.2. The largest absolute Gasteiger partial charge is 0.494 e. The first kappa shape index (κ1) is 28.3. The molecule has 1 aromatic carbocycles. The van der Waals surface area contributed by atoms with Crippen LogP contribution < -0.4 is 15.0 Å². The first-order valence-corrected chi connectivity index (χ1v) is 14.5. The van der Waals surface area contributed by atoms with Crippen LogP contribution in [-0.2, 0) is 9.53 Å². The van der Waals surface area contributed by atoms with Crippen LogP contribution in [0.15, 0.2) is 36.5 Å². The number of amides is 1. The van der Waals surface area contributed by atoms with Gasteiger partial charge in [-0.15, -0.1) is 0 Å². The maximum atomic E-state index is 13.6. The summed E-state index contributed by atoms with van der Waals surface area (Å²) >= 11 is 0. The van der Waals surface area contributed by atoms with Gasteiger partial charge in [-0.3, -0.25) is 9.69 Å². The van der Waals surface area contributed by atoms with Crippen molar-refractivity contribution >= 4 is 17.7 Å². The summed E-state index contributed by atoms with van der Waals surface area (Å²) in [6, 6.07) is 10.0. The third kappa shape index (κ3) is 8.67. The molecule has 4 rings (SSSR count). The first-order valence-electron chi connectivity index (χ1n) is 14.5. The lowest BCUT2D eigenvalue weighted by Crippen LogP contribution is -2.40. The highest BCUT2D eigenvalue weighted by molar-refractivity contribution is 5.94. The fourth-order valence-corrected chi connectivity index (χ4v) is 5.22. The van der Waals surface area contributed by atoms with Crippen LogP contribution in [0.25, 0.3) is 0 Å². The lowest BCUT2D eigenvalue weighted by Gasteiger charge is -2.29. The molecule has 1 aromatic heterocycles. The van der Waals surface area contributed by atoms with Gasteiger partial charge in [-0.25, -0.2) is 4.98 Å². The van der Waals surface area contributed by atoms with Gasteiger partial charge < -0.3 is 19.7 Å². The van der Waals surface area contributed by atoms with Crippen molar-refractivity contribution in [3.05, 3.63) is 42.1 Å². The van der Waals surface area contributed by atoms with Crippen LogP contribution in [0.3, 0.4) is 0 Å². The van der Waals surface area contributed by atoms with E-state index in [0.29, 0.717) is 38.1 Å². The number of hydrogen-bond donors (Lipinski definition) is 1. The van der Waals surface area contributed by atoms with Crippen molar-refractivity contribution in [2.45, 2.75) is 70.8 Å². The number of rotatable bonds is 1. The Balaban J connectivity index is 1.51. The molecule has 0 spiro atoms. The summed E-state index contributed by atoms with van der Waals surface area (Å²) in [5.74, 6) is 2.23. The number of carbonyl (C=O) groups is 1. The summed E-state index contributed by atoms with van der Waals surface area (Å²) in [5.41, 5.74) is 1.10. The number of anilines is 2. The molecule has 2 aromatic rings. The zero-order valence-electron chi connectivity index (χ0n) is 23.2. The van der Waals surface area contributed by atoms with Crippen LogP contribution in [-0.4, -0.2) is 67.3 Å². The Morgan fingerprint density at radius 2 is 1.68 bits per heavy atom. The van der Waals surface area contributed by atoms with Crippen molar-refractivity contribution in [2.75, 3.05) is 56.7 Å². The second kappa shape index (κ2) is 15.0. The number of carbonyl (C=O) groups excluding carboxylic acids is 1. The van der Waals surface area contributed by atoms with Crippen LogP contribution in [0.2, 0.25) is 0 Å². The fourth-order valence-electron chi connectivity index (χ4n) is 5.22. The normalized spacial score (nSPS) is 21.8. The molecule has 2 aliphatic rings. The number of fused-ring (bicyclic) bond motifs is 4. The zero-order valence-corrected chi connectivity index (χ0v) is 23.2. The van der Waals surface area contributed by atoms with Crippen LogP contribution in [0.4, 0.5) is 11.8 Å². The van der Waals surface area contributed by atoms with Gasteiger partial charge in [0.05, 0.1) is 12.6 Å². The number of nitrogens with zero attached hydrogens (tertiary/aromatic N) is 4. The summed E-state index contributed by atoms with van der Waals surface area (Å²) in [7, 11) is 2.20. The average molecular weight is 524 g/mol. The van der Waals surface area contributed by atoms with E-state index in [2.05, 4.69) is 41.3 Å². The number of hydrogen-bond acceptors (Lipinski definition) is 7. The molecule has 1 fully saturated rings. The van der Waals surface area contributed by atoms with E-state index in [1.807, 2.05) is 23.1 Å². The standard InChI is InChI=1S/C30H45N5O3/c1-24-26-11-9-12-27(23-26)38-20-10-18-34(2)17-7-5-3-4-6-8-19-35(28-13-16-31-30(32-24)33-28)29(36)25-14-21-37-22-15-25/h9,11-13,16,23-25H,3-8,10,14-15,17-22H2,1-2H3,(H,31,32,33)/t24-/m1/s1. The Morgan fingerprint density at radius 3 is 2.50 bits per heavy atom. The maximum absolute atomic E-state index is 13.6. The van der Waals surface area contributed by atoms with E-state index in [9.17, 15) is 4.79 Å². The Bertz CT molecular complexity index is 997. The van der Waals surface area contributed by atoms with Crippen molar-refractivity contribution in [1.82, 2.24) is 14.9 Å². The number of ether oxygens (including phenoxy) is 2. The summed E-state index contributed by atoms with van der Waals surface area (Å²) < 4.78 is 11.6. The topological polar surface area (TPSA) is 79.8 Å². The van der Waals surface area contributed by atoms with Crippen LogP contribution in [0.5, 0.6) is 5.75 Å². The lowest BCUT2D eigenvalue weighted by atomic mass is 9.98. The molecule has 2 aliphatic heterocycles. The molecule has 1 N–H and O–H groups in total. The summed E-state index contributed by atoms with van der Waals surface area (Å²) in [6.07, 6.45) is 11.3.